The highest BCUT2D eigenvalue weighted by molar-refractivity contribution is 5.92. The maximum atomic E-state index is 10.5. The number of aryl methyl sites for hydroxylation is 1. The average molecular weight is 152 g/mol. The Balaban J connectivity index is 3.15. The smallest absolute Gasteiger partial charge is 0.250 e. The van der Waals surface area contributed by atoms with Crippen LogP contribution in [-0.4, -0.2) is 16.0 Å². The van der Waals surface area contributed by atoms with Crippen molar-refractivity contribution in [1.29, 1.82) is 0 Å². The fraction of sp³-hybridized carbons (Fsp3) is 0.143. The van der Waals surface area contributed by atoms with E-state index in [2.05, 4.69) is 4.98 Å². The molecular weight excluding hydrogens is 144 g/mol. The van der Waals surface area contributed by atoms with Crippen molar-refractivity contribution in [3.8, 4) is 5.75 Å². The van der Waals surface area contributed by atoms with Gasteiger partial charge in [-0.05, 0) is 13.0 Å². The maximum absolute atomic E-state index is 10.5. The molecule has 1 aromatic heterocycles. The van der Waals surface area contributed by atoms with E-state index < -0.39 is 5.91 Å². The highest BCUT2D eigenvalue weighted by Gasteiger charge is 2.03. The molecule has 0 aliphatic carbocycles. The Morgan fingerprint density at radius 2 is 2.36 bits per heavy atom. The van der Waals surface area contributed by atoms with E-state index in [1.54, 1.807) is 6.92 Å². The third-order valence-corrected chi connectivity index (χ3v) is 1.34. The van der Waals surface area contributed by atoms with Gasteiger partial charge in [0.05, 0.1) is 11.3 Å². The van der Waals surface area contributed by atoms with E-state index in [9.17, 15) is 4.79 Å². The fourth-order valence-corrected chi connectivity index (χ4v) is 0.656. The van der Waals surface area contributed by atoms with E-state index in [4.69, 9.17) is 10.8 Å². The van der Waals surface area contributed by atoms with Gasteiger partial charge >= 0.3 is 0 Å². The molecule has 0 bridgehead atoms. The number of aromatic nitrogens is 1. The lowest BCUT2D eigenvalue weighted by Gasteiger charge is -1.98. The zero-order valence-electron chi connectivity index (χ0n) is 6.03. The molecule has 4 heteroatoms. The first-order valence-electron chi connectivity index (χ1n) is 3.06. The molecule has 11 heavy (non-hydrogen) atoms. The largest absolute Gasteiger partial charge is 0.506 e. The minimum Gasteiger partial charge on any atom is -0.506 e. The second-order valence-electron chi connectivity index (χ2n) is 2.19. The highest BCUT2D eigenvalue weighted by atomic mass is 16.3. The monoisotopic (exact) mass is 152 g/mol. The van der Waals surface area contributed by atoms with Crippen molar-refractivity contribution >= 4 is 5.91 Å². The van der Waals surface area contributed by atoms with Crippen LogP contribution in [0.25, 0.3) is 0 Å². The number of nitrogens with zero attached hydrogens (tertiary/aromatic N) is 1. The number of aromatic hydroxyl groups is 1. The Bertz CT molecular complexity index is 296. The fourth-order valence-electron chi connectivity index (χ4n) is 0.656. The van der Waals surface area contributed by atoms with Gasteiger partial charge in [0.15, 0.2) is 0 Å². The lowest BCUT2D eigenvalue weighted by atomic mass is 10.2. The third-order valence-electron chi connectivity index (χ3n) is 1.34. The SMILES string of the molecule is Cc1ncc(C(N)=O)cc1O. The van der Waals surface area contributed by atoms with E-state index in [1.807, 2.05) is 0 Å². The van der Waals surface area contributed by atoms with E-state index >= 15 is 0 Å². The predicted molar refractivity (Wildman–Crippen MR) is 39.2 cm³/mol. The number of pyridine rings is 1. The van der Waals surface area contributed by atoms with Gasteiger partial charge in [0.25, 0.3) is 0 Å². The lowest BCUT2D eigenvalue weighted by Crippen LogP contribution is -2.11. The number of amides is 1. The van der Waals surface area contributed by atoms with Crippen LogP contribution < -0.4 is 5.73 Å². The first-order valence-corrected chi connectivity index (χ1v) is 3.06. The van der Waals surface area contributed by atoms with Gasteiger partial charge in [-0.15, -0.1) is 0 Å². The third kappa shape index (κ3) is 1.46. The molecular formula is C7H8N2O2. The molecule has 0 spiro atoms. The van der Waals surface area contributed by atoms with Crippen LogP contribution in [0.2, 0.25) is 0 Å². The zero-order chi connectivity index (χ0) is 8.43. The molecule has 0 fully saturated rings. The zero-order valence-corrected chi connectivity index (χ0v) is 6.03. The molecule has 0 aliphatic rings. The minimum atomic E-state index is -0.590. The van der Waals surface area contributed by atoms with Crippen molar-refractivity contribution in [2.24, 2.45) is 5.73 Å². The normalized spacial score (nSPS) is 9.55. The molecule has 58 valence electrons. The number of nitrogens with two attached hydrogens (primary N) is 1. The van der Waals surface area contributed by atoms with Crippen molar-refractivity contribution in [3.05, 3.63) is 23.5 Å². The molecule has 0 saturated heterocycles. The molecule has 0 atom stereocenters. The van der Waals surface area contributed by atoms with Gasteiger partial charge in [0, 0.05) is 6.20 Å². The summed E-state index contributed by atoms with van der Waals surface area (Å²) in [4.78, 5) is 14.3. The second-order valence-corrected chi connectivity index (χ2v) is 2.19. The number of hydrogen-bond acceptors (Lipinski definition) is 3. The summed E-state index contributed by atoms with van der Waals surface area (Å²) in [5.74, 6) is -0.603. The van der Waals surface area contributed by atoms with E-state index in [0.29, 0.717) is 5.69 Å². The van der Waals surface area contributed by atoms with Crippen LogP contribution in [0.3, 0.4) is 0 Å². The summed E-state index contributed by atoms with van der Waals surface area (Å²) in [7, 11) is 0. The van der Waals surface area contributed by atoms with E-state index in [1.165, 1.54) is 12.3 Å². The summed E-state index contributed by atoms with van der Waals surface area (Å²) in [6.45, 7) is 1.64. The summed E-state index contributed by atoms with van der Waals surface area (Å²) in [6.07, 6.45) is 1.33. The number of carbonyl (C=O) groups is 1. The number of carbonyl (C=O) groups excluding carboxylic acids is 1. The highest BCUT2D eigenvalue weighted by Crippen LogP contribution is 2.13. The van der Waals surface area contributed by atoms with Gasteiger partial charge in [0.1, 0.15) is 5.75 Å². The summed E-state index contributed by atoms with van der Waals surface area (Å²) in [5.41, 5.74) is 5.64. The minimum absolute atomic E-state index is 0.0127. The van der Waals surface area contributed by atoms with Crippen molar-refractivity contribution in [2.45, 2.75) is 6.92 Å². The van der Waals surface area contributed by atoms with Crippen LogP contribution in [0.5, 0.6) is 5.75 Å². The van der Waals surface area contributed by atoms with Crippen molar-refractivity contribution in [1.82, 2.24) is 4.98 Å². The molecule has 3 N–H and O–H groups in total. The van der Waals surface area contributed by atoms with Gasteiger partial charge in [-0.2, -0.15) is 0 Å². The molecule has 0 aromatic carbocycles. The second kappa shape index (κ2) is 2.57. The summed E-state index contributed by atoms with van der Waals surface area (Å²) in [6, 6.07) is 1.30. The molecule has 0 unspecified atom stereocenters. The van der Waals surface area contributed by atoms with Crippen molar-refractivity contribution < 1.29 is 9.90 Å². The summed E-state index contributed by atoms with van der Waals surface area (Å²) < 4.78 is 0. The molecule has 1 amide bonds. The van der Waals surface area contributed by atoms with Crippen LogP contribution in [0.4, 0.5) is 0 Å². The molecule has 0 saturated carbocycles. The summed E-state index contributed by atoms with van der Waals surface area (Å²) >= 11 is 0. The molecule has 1 rings (SSSR count). The maximum Gasteiger partial charge on any atom is 0.250 e. The topological polar surface area (TPSA) is 76.2 Å². The van der Waals surface area contributed by atoms with E-state index in [0.717, 1.165) is 0 Å². The first kappa shape index (κ1) is 7.53. The molecule has 1 heterocycles. The lowest BCUT2D eigenvalue weighted by molar-refractivity contribution is 0.0999. The van der Waals surface area contributed by atoms with Crippen LogP contribution >= 0.6 is 0 Å². The van der Waals surface area contributed by atoms with Gasteiger partial charge < -0.3 is 10.8 Å². The molecule has 4 nitrogen and oxygen atoms in total. The molecule has 0 aliphatic heterocycles. The number of hydrogen-bond donors (Lipinski definition) is 2. The van der Waals surface area contributed by atoms with Crippen molar-refractivity contribution in [3.63, 3.8) is 0 Å². The van der Waals surface area contributed by atoms with E-state index in [-0.39, 0.29) is 11.3 Å². The van der Waals surface area contributed by atoms with Gasteiger partial charge in [-0.25, -0.2) is 0 Å². The summed E-state index contributed by atoms with van der Waals surface area (Å²) in [5, 5.41) is 9.08. The standard InChI is InChI=1S/C7H8N2O2/c1-4-6(10)2-5(3-9-4)7(8)11/h2-3,10H,1H3,(H2,8,11). The van der Waals surface area contributed by atoms with Gasteiger partial charge in [0.2, 0.25) is 5.91 Å². The Hall–Kier alpha value is -1.58. The Morgan fingerprint density at radius 3 is 2.82 bits per heavy atom. The molecule has 1 aromatic rings. The number of rotatable bonds is 1. The van der Waals surface area contributed by atoms with Crippen LogP contribution in [-0.2, 0) is 0 Å². The average Bonchev–Trinajstić information content (AvgIpc) is 1.94. The molecule has 0 radical (unpaired) electrons. The van der Waals surface area contributed by atoms with Crippen LogP contribution in [0, 0.1) is 6.92 Å². The van der Waals surface area contributed by atoms with Crippen molar-refractivity contribution in [2.75, 3.05) is 0 Å². The van der Waals surface area contributed by atoms with Crippen LogP contribution in [0.1, 0.15) is 16.1 Å². The van der Waals surface area contributed by atoms with Gasteiger partial charge in [-0.3, -0.25) is 9.78 Å². The first-order chi connectivity index (χ1) is 5.11. The van der Waals surface area contributed by atoms with Crippen LogP contribution in [0.15, 0.2) is 12.3 Å². The Morgan fingerprint density at radius 1 is 1.73 bits per heavy atom. The van der Waals surface area contributed by atoms with Gasteiger partial charge in [-0.1, -0.05) is 0 Å². The Labute approximate surface area is 63.7 Å². The quantitative estimate of drug-likeness (QED) is 0.603. The Kier molecular flexibility index (Phi) is 1.76. The number of primary amides is 1. The predicted octanol–water partition coefficient (Wildman–Crippen LogP) is 0.195.